The third kappa shape index (κ3) is 5.53. The fourth-order valence-electron chi connectivity index (χ4n) is 7.06. The quantitative estimate of drug-likeness (QED) is 0.0882. The van der Waals surface area contributed by atoms with E-state index in [9.17, 15) is 0 Å². The molecular weight excluding hydrogens is 568 g/mol. The van der Waals surface area contributed by atoms with Crippen LogP contribution >= 0.6 is 0 Å². The molecule has 0 bridgehead atoms. The number of benzene rings is 7. The molecule has 0 aromatic heterocycles. The lowest BCUT2D eigenvalue weighted by molar-refractivity contribution is -0.141. The van der Waals surface area contributed by atoms with Crippen molar-refractivity contribution in [1.29, 1.82) is 0 Å². The van der Waals surface area contributed by atoms with Crippen molar-refractivity contribution in [3.63, 3.8) is 0 Å². The van der Waals surface area contributed by atoms with E-state index >= 15 is 0 Å². The summed E-state index contributed by atoms with van der Waals surface area (Å²) in [6.45, 7) is 5.16. The highest BCUT2D eigenvalue weighted by atomic mass is 16.7. The molecule has 0 unspecified atom stereocenters. The molecule has 0 radical (unpaired) electrons. The highest BCUT2D eigenvalue weighted by Crippen LogP contribution is 2.41. The molecule has 1 fully saturated rings. The number of hydrogen-bond donors (Lipinski definition) is 0. The Labute approximate surface area is 269 Å². The van der Waals surface area contributed by atoms with Crippen LogP contribution in [0, 0.1) is 13.8 Å². The zero-order valence-electron chi connectivity index (χ0n) is 26.4. The first-order chi connectivity index (χ1) is 22.6. The molecule has 0 N–H and O–H groups in total. The largest absolute Gasteiger partial charge is 0.491 e. The zero-order valence-corrected chi connectivity index (χ0v) is 26.4. The third-order valence-electron chi connectivity index (χ3n) is 9.42. The van der Waals surface area contributed by atoms with Gasteiger partial charge in [-0.15, -0.1) is 0 Å². The van der Waals surface area contributed by atoms with E-state index in [0.29, 0.717) is 19.6 Å². The third-order valence-corrected chi connectivity index (χ3v) is 9.42. The van der Waals surface area contributed by atoms with Crippen LogP contribution in [-0.4, -0.2) is 31.7 Å². The molecule has 1 saturated heterocycles. The predicted octanol–water partition coefficient (Wildman–Crippen LogP) is 9.94. The molecule has 230 valence electrons. The monoisotopic (exact) mass is 606 g/mol. The Kier molecular flexibility index (Phi) is 7.69. The highest BCUT2D eigenvalue weighted by molar-refractivity contribution is 6.33. The number of rotatable bonds is 10. The predicted molar refractivity (Wildman–Crippen MR) is 187 cm³/mol. The molecule has 0 aliphatic carbocycles. The highest BCUT2D eigenvalue weighted by Gasteiger charge is 2.38. The lowest BCUT2D eigenvalue weighted by atomic mass is 9.88. The maximum atomic E-state index is 6.40. The molecule has 0 saturated carbocycles. The number of fused-ring (bicyclic) bond motifs is 2. The summed E-state index contributed by atoms with van der Waals surface area (Å²) in [6, 6.07) is 40.9. The van der Waals surface area contributed by atoms with E-state index in [-0.39, 0.29) is 18.5 Å². The molecule has 0 amide bonds. The summed E-state index contributed by atoms with van der Waals surface area (Å²) in [7, 11) is 0. The van der Waals surface area contributed by atoms with Gasteiger partial charge in [0.05, 0.1) is 6.61 Å². The van der Waals surface area contributed by atoms with Crippen LogP contribution in [0.25, 0.3) is 43.1 Å². The summed E-state index contributed by atoms with van der Waals surface area (Å²) < 4.78 is 25.2. The van der Waals surface area contributed by atoms with Crippen molar-refractivity contribution in [2.45, 2.75) is 51.6 Å². The van der Waals surface area contributed by atoms with Crippen LogP contribution in [-0.2, 0) is 15.9 Å². The average Bonchev–Trinajstić information content (AvgIpc) is 3.47. The Morgan fingerprint density at radius 3 is 1.96 bits per heavy atom. The molecule has 46 heavy (non-hydrogen) atoms. The van der Waals surface area contributed by atoms with Crippen molar-refractivity contribution >= 4 is 43.1 Å². The molecule has 4 nitrogen and oxygen atoms in total. The van der Waals surface area contributed by atoms with Gasteiger partial charge in [0.25, 0.3) is 0 Å². The lowest BCUT2D eigenvalue weighted by Gasteiger charge is -2.20. The van der Waals surface area contributed by atoms with E-state index < -0.39 is 0 Å². The molecule has 1 aliphatic heterocycles. The summed E-state index contributed by atoms with van der Waals surface area (Å²) in [5.41, 5.74) is 3.76. The first kappa shape index (κ1) is 28.8. The van der Waals surface area contributed by atoms with Crippen molar-refractivity contribution in [1.82, 2.24) is 0 Å². The summed E-state index contributed by atoms with van der Waals surface area (Å²) >= 11 is 0. The molecule has 3 atom stereocenters. The van der Waals surface area contributed by atoms with Crippen molar-refractivity contribution < 1.29 is 18.9 Å². The molecule has 1 aliphatic rings. The van der Waals surface area contributed by atoms with Crippen LogP contribution in [0.5, 0.6) is 11.5 Å². The van der Waals surface area contributed by atoms with Crippen LogP contribution in [0.15, 0.2) is 115 Å². The van der Waals surface area contributed by atoms with Crippen molar-refractivity contribution in [2.24, 2.45) is 0 Å². The van der Waals surface area contributed by atoms with Gasteiger partial charge in [-0.25, -0.2) is 0 Å². The SMILES string of the molecule is Cc1ccc(OC[C@H]2O[C@@H](OCCCc3ccc4c5cccc6cccc(c7cccc3c74)c65)C[C@@H]2Oc2ccc(C)cc2)cc1. The van der Waals surface area contributed by atoms with Crippen molar-refractivity contribution in [3.8, 4) is 11.5 Å². The second-order valence-corrected chi connectivity index (χ2v) is 12.6. The van der Waals surface area contributed by atoms with Gasteiger partial charge >= 0.3 is 0 Å². The topological polar surface area (TPSA) is 36.9 Å². The van der Waals surface area contributed by atoms with Crippen LogP contribution in [0.4, 0.5) is 0 Å². The lowest BCUT2D eigenvalue weighted by Crippen LogP contribution is -2.32. The molecule has 7 aromatic rings. The van der Waals surface area contributed by atoms with E-state index in [2.05, 4.69) is 105 Å². The molecule has 7 aromatic carbocycles. The molecular formula is C42H38O4. The second kappa shape index (κ2) is 12.3. The summed E-state index contributed by atoms with van der Waals surface area (Å²) in [4.78, 5) is 0. The first-order valence-electron chi connectivity index (χ1n) is 16.4. The van der Waals surface area contributed by atoms with Crippen LogP contribution in [0.1, 0.15) is 29.5 Å². The van der Waals surface area contributed by atoms with E-state index in [0.717, 1.165) is 24.3 Å². The molecule has 4 heteroatoms. The van der Waals surface area contributed by atoms with Crippen LogP contribution in [0.2, 0.25) is 0 Å². The number of ether oxygens (including phenoxy) is 4. The van der Waals surface area contributed by atoms with Gasteiger partial charge in [0.2, 0.25) is 0 Å². The Balaban J connectivity index is 0.961. The van der Waals surface area contributed by atoms with Gasteiger partial charge in [0.1, 0.15) is 30.3 Å². The molecule has 0 spiro atoms. The van der Waals surface area contributed by atoms with Gasteiger partial charge in [-0.05, 0) is 99.6 Å². The van der Waals surface area contributed by atoms with Crippen molar-refractivity contribution in [3.05, 3.63) is 132 Å². The summed E-state index contributed by atoms with van der Waals surface area (Å²) in [6.07, 6.45) is 1.75. The fourth-order valence-corrected chi connectivity index (χ4v) is 7.06. The average molecular weight is 607 g/mol. The van der Waals surface area contributed by atoms with Gasteiger partial charge < -0.3 is 18.9 Å². The smallest absolute Gasteiger partial charge is 0.161 e. The minimum atomic E-state index is -0.338. The van der Waals surface area contributed by atoms with Crippen LogP contribution in [0.3, 0.4) is 0 Å². The van der Waals surface area contributed by atoms with Gasteiger partial charge in [-0.3, -0.25) is 0 Å². The number of hydrogen-bond acceptors (Lipinski definition) is 4. The van der Waals surface area contributed by atoms with E-state index in [1.54, 1.807) is 0 Å². The standard InChI is InChI=1S/C42H38O4/c1-27-14-19-31(20-15-27)44-26-39-38(45-32-21-16-28(2)17-22-32)25-40(46-39)43-24-6-9-29-18-23-37-35-12-4-8-30-7-3-11-34(41(30)35)36-13-5-10-33(29)42(36)37/h3-5,7-8,10-23,38-40H,6,9,24-26H2,1-2H3/t38-,39+,40+/m0/s1. The number of aryl methyl sites for hydroxylation is 3. The maximum absolute atomic E-state index is 6.40. The Hall–Kier alpha value is -4.64. The minimum Gasteiger partial charge on any atom is -0.491 e. The van der Waals surface area contributed by atoms with Crippen molar-refractivity contribution in [2.75, 3.05) is 13.2 Å². The van der Waals surface area contributed by atoms with E-state index in [1.807, 2.05) is 24.3 Å². The van der Waals surface area contributed by atoms with Gasteiger partial charge in [-0.1, -0.05) is 102 Å². The summed E-state index contributed by atoms with van der Waals surface area (Å²) in [5, 5.41) is 10.7. The van der Waals surface area contributed by atoms with E-state index in [4.69, 9.17) is 18.9 Å². The molecule has 8 rings (SSSR count). The Morgan fingerprint density at radius 2 is 1.24 bits per heavy atom. The Morgan fingerprint density at radius 1 is 0.630 bits per heavy atom. The van der Waals surface area contributed by atoms with Crippen LogP contribution < -0.4 is 9.47 Å². The minimum absolute atomic E-state index is 0.161. The normalized spacial score (nSPS) is 18.3. The zero-order chi connectivity index (χ0) is 31.0. The fraction of sp³-hybridized carbons (Fsp3) is 0.238. The van der Waals surface area contributed by atoms with Gasteiger partial charge in [0, 0.05) is 6.42 Å². The van der Waals surface area contributed by atoms with Gasteiger partial charge in [-0.2, -0.15) is 0 Å². The Bertz CT molecular complexity index is 2070. The maximum Gasteiger partial charge on any atom is 0.161 e. The summed E-state index contributed by atoms with van der Waals surface area (Å²) in [5.74, 6) is 1.66. The van der Waals surface area contributed by atoms with Gasteiger partial charge in [0.15, 0.2) is 6.29 Å². The second-order valence-electron chi connectivity index (χ2n) is 12.6. The van der Waals surface area contributed by atoms with E-state index in [1.165, 1.54) is 59.8 Å². The molecule has 1 heterocycles. The first-order valence-corrected chi connectivity index (χ1v) is 16.4.